The van der Waals surface area contributed by atoms with Crippen molar-refractivity contribution < 1.29 is 17.6 Å². The summed E-state index contributed by atoms with van der Waals surface area (Å²) in [5, 5.41) is 4.35. The predicted octanol–water partition coefficient (Wildman–Crippen LogP) is 4.46. The van der Waals surface area contributed by atoms with E-state index in [1.54, 1.807) is 38.1 Å². The van der Waals surface area contributed by atoms with Gasteiger partial charge in [0.15, 0.2) is 5.78 Å². The molecule has 8 heteroatoms. The number of carbonyl (C=O) groups is 1. The van der Waals surface area contributed by atoms with E-state index in [1.807, 2.05) is 42.5 Å². The van der Waals surface area contributed by atoms with Crippen molar-refractivity contribution in [1.82, 2.24) is 14.1 Å². The third-order valence-corrected chi connectivity index (χ3v) is 7.61. The molecule has 2 aromatic heterocycles. The molecule has 0 aliphatic heterocycles. The van der Waals surface area contributed by atoms with Gasteiger partial charge in [0.05, 0.1) is 24.2 Å². The molecule has 0 saturated carbocycles. The Morgan fingerprint density at radius 1 is 0.970 bits per heavy atom. The minimum Gasteiger partial charge on any atom is -0.468 e. The molecular formula is C25H25N3O4S. The van der Waals surface area contributed by atoms with Gasteiger partial charge in [-0.3, -0.25) is 9.48 Å². The summed E-state index contributed by atoms with van der Waals surface area (Å²) in [7, 11) is -2.32. The van der Waals surface area contributed by atoms with E-state index in [2.05, 4.69) is 5.10 Å². The van der Waals surface area contributed by atoms with E-state index in [-0.39, 0.29) is 23.8 Å². The summed E-state index contributed by atoms with van der Waals surface area (Å²) in [6.07, 6.45) is 1.50. The van der Waals surface area contributed by atoms with Crippen LogP contribution >= 0.6 is 0 Å². The fourth-order valence-corrected chi connectivity index (χ4v) is 5.28. The Morgan fingerprint density at radius 2 is 1.64 bits per heavy atom. The maximum absolute atomic E-state index is 13.2. The highest BCUT2D eigenvalue weighted by Crippen LogP contribution is 2.25. The first-order valence-electron chi connectivity index (χ1n) is 10.5. The molecule has 0 atom stereocenters. The summed E-state index contributed by atoms with van der Waals surface area (Å²) in [6, 6.07) is 20.7. The van der Waals surface area contributed by atoms with Crippen LogP contribution in [0.25, 0.3) is 11.1 Å². The lowest BCUT2D eigenvalue weighted by molar-refractivity contribution is 0.0966. The number of hydrogen-bond acceptors (Lipinski definition) is 5. The Morgan fingerprint density at radius 3 is 2.27 bits per heavy atom. The summed E-state index contributed by atoms with van der Waals surface area (Å²) < 4.78 is 34.3. The van der Waals surface area contributed by atoms with E-state index >= 15 is 0 Å². The van der Waals surface area contributed by atoms with E-state index in [1.165, 1.54) is 22.3 Å². The fourth-order valence-electron chi connectivity index (χ4n) is 3.78. The monoisotopic (exact) mass is 463 g/mol. The molecule has 2 aromatic carbocycles. The molecular weight excluding hydrogens is 438 g/mol. The second-order valence-electron chi connectivity index (χ2n) is 7.86. The van der Waals surface area contributed by atoms with Gasteiger partial charge in [0, 0.05) is 12.6 Å². The van der Waals surface area contributed by atoms with Gasteiger partial charge in [0.25, 0.3) is 0 Å². The predicted molar refractivity (Wildman–Crippen MR) is 125 cm³/mol. The molecule has 33 heavy (non-hydrogen) atoms. The zero-order valence-corrected chi connectivity index (χ0v) is 19.5. The number of hydrogen-bond donors (Lipinski definition) is 0. The summed E-state index contributed by atoms with van der Waals surface area (Å²) in [5.74, 6) is 0.394. The van der Waals surface area contributed by atoms with Gasteiger partial charge in [0.2, 0.25) is 10.0 Å². The lowest BCUT2D eigenvalue weighted by Crippen LogP contribution is -2.27. The Balaban J connectivity index is 1.53. The number of furan rings is 1. The Bertz CT molecular complexity index is 1360. The van der Waals surface area contributed by atoms with Gasteiger partial charge < -0.3 is 4.42 Å². The van der Waals surface area contributed by atoms with Crippen LogP contribution in [0.1, 0.15) is 27.5 Å². The molecule has 4 rings (SSSR count). The van der Waals surface area contributed by atoms with Crippen molar-refractivity contribution in [3.05, 3.63) is 95.7 Å². The second-order valence-corrected chi connectivity index (χ2v) is 9.85. The average Bonchev–Trinajstić information content (AvgIpc) is 3.42. The smallest absolute Gasteiger partial charge is 0.246 e. The van der Waals surface area contributed by atoms with Crippen LogP contribution in [0.4, 0.5) is 0 Å². The van der Waals surface area contributed by atoms with E-state index in [0.29, 0.717) is 22.7 Å². The Kier molecular flexibility index (Phi) is 6.31. The number of ketones is 1. The van der Waals surface area contributed by atoms with Crippen LogP contribution in [-0.4, -0.2) is 35.3 Å². The lowest BCUT2D eigenvalue weighted by atomic mass is 10.0. The van der Waals surface area contributed by atoms with Crippen molar-refractivity contribution in [3.8, 4) is 11.1 Å². The summed E-state index contributed by atoms with van der Waals surface area (Å²) in [4.78, 5) is 13.0. The van der Waals surface area contributed by atoms with Gasteiger partial charge in [-0.25, -0.2) is 8.42 Å². The average molecular weight is 464 g/mol. The van der Waals surface area contributed by atoms with Crippen LogP contribution in [0.2, 0.25) is 0 Å². The van der Waals surface area contributed by atoms with Crippen LogP contribution in [0.15, 0.2) is 82.3 Å². The quantitative estimate of drug-likeness (QED) is 0.360. The highest BCUT2D eigenvalue weighted by Gasteiger charge is 2.29. The lowest BCUT2D eigenvalue weighted by Gasteiger charge is -2.16. The Labute approximate surface area is 193 Å². The first-order chi connectivity index (χ1) is 15.8. The summed E-state index contributed by atoms with van der Waals surface area (Å²) in [6.45, 7) is 3.36. The third kappa shape index (κ3) is 4.67. The van der Waals surface area contributed by atoms with Gasteiger partial charge in [-0.05, 0) is 37.1 Å². The van der Waals surface area contributed by atoms with Crippen LogP contribution in [0.3, 0.4) is 0 Å². The minimum absolute atomic E-state index is 0.0469. The van der Waals surface area contributed by atoms with E-state index < -0.39 is 10.0 Å². The fraction of sp³-hybridized carbons (Fsp3) is 0.200. The molecule has 170 valence electrons. The molecule has 0 radical (unpaired) electrons. The second kappa shape index (κ2) is 9.17. The van der Waals surface area contributed by atoms with Crippen LogP contribution in [-0.2, 0) is 23.1 Å². The molecule has 0 amide bonds. The number of benzene rings is 2. The number of Topliss-reactive ketones (excluding diaryl/α,β-unsaturated/α-hetero) is 1. The first-order valence-corrected chi connectivity index (χ1v) is 11.9. The Hall–Kier alpha value is -3.49. The molecule has 0 spiro atoms. The van der Waals surface area contributed by atoms with Crippen LogP contribution in [0, 0.1) is 13.8 Å². The zero-order valence-electron chi connectivity index (χ0n) is 18.7. The number of nitrogens with zero attached hydrogens (tertiary/aromatic N) is 3. The molecule has 2 heterocycles. The van der Waals surface area contributed by atoms with Gasteiger partial charge in [-0.2, -0.15) is 9.40 Å². The van der Waals surface area contributed by atoms with Gasteiger partial charge in [0.1, 0.15) is 17.2 Å². The SMILES string of the molecule is Cc1nn(CC(=O)c2ccc(-c3ccccc3)cc2)c(C)c1S(=O)(=O)N(C)Cc1ccco1. The van der Waals surface area contributed by atoms with E-state index in [4.69, 9.17) is 4.42 Å². The molecule has 0 aliphatic carbocycles. The highest BCUT2D eigenvalue weighted by molar-refractivity contribution is 7.89. The van der Waals surface area contributed by atoms with Gasteiger partial charge in [-0.1, -0.05) is 54.6 Å². The first kappa shape index (κ1) is 22.7. The number of rotatable bonds is 8. The largest absolute Gasteiger partial charge is 0.468 e. The molecule has 0 N–H and O–H groups in total. The number of aromatic nitrogens is 2. The van der Waals surface area contributed by atoms with Crippen molar-refractivity contribution in [2.75, 3.05) is 7.05 Å². The standard InChI is InChI=1S/C25H25N3O4S/c1-18-25(33(30,31)27(3)16-23-10-7-15-32-23)19(2)28(26-18)17-24(29)22-13-11-21(12-14-22)20-8-5-4-6-9-20/h4-15H,16-17H2,1-3H3. The van der Waals surface area contributed by atoms with Crippen molar-refractivity contribution in [2.45, 2.75) is 31.8 Å². The summed E-state index contributed by atoms with van der Waals surface area (Å²) >= 11 is 0. The molecule has 0 saturated heterocycles. The minimum atomic E-state index is -3.81. The number of carbonyl (C=O) groups excluding carboxylic acids is 1. The highest BCUT2D eigenvalue weighted by atomic mass is 32.2. The van der Waals surface area contributed by atoms with Gasteiger partial charge >= 0.3 is 0 Å². The molecule has 0 fully saturated rings. The van der Waals surface area contributed by atoms with Crippen LogP contribution < -0.4 is 0 Å². The van der Waals surface area contributed by atoms with E-state index in [9.17, 15) is 13.2 Å². The van der Waals surface area contributed by atoms with E-state index in [0.717, 1.165) is 11.1 Å². The van der Waals surface area contributed by atoms with Crippen molar-refractivity contribution in [1.29, 1.82) is 0 Å². The topological polar surface area (TPSA) is 85.4 Å². The molecule has 4 aromatic rings. The number of aryl methyl sites for hydroxylation is 1. The molecule has 0 aliphatic rings. The van der Waals surface area contributed by atoms with Gasteiger partial charge in [-0.15, -0.1) is 0 Å². The maximum Gasteiger partial charge on any atom is 0.246 e. The maximum atomic E-state index is 13.2. The third-order valence-electron chi connectivity index (χ3n) is 5.55. The van der Waals surface area contributed by atoms with Crippen LogP contribution in [0.5, 0.6) is 0 Å². The molecule has 0 bridgehead atoms. The van der Waals surface area contributed by atoms with Crippen molar-refractivity contribution in [2.24, 2.45) is 0 Å². The zero-order chi connectivity index (χ0) is 23.6. The number of sulfonamides is 1. The normalized spacial score (nSPS) is 11.8. The van der Waals surface area contributed by atoms with Crippen molar-refractivity contribution in [3.63, 3.8) is 0 Å². The molecule has 0 unspecified atom stereocenters. The van der Waals surface area contributed by atoms with Crippen molar-refractivity contribution >= 4 is 15.8 Å². The summed E-state index contributed by atoms with van der Waals surface area (Å²) in [5.41, 5.74) is 3.41. The molecule has 7 nitrogen and oxygen atoms in total.